The van der Waals surface area contributed by atoms with Crippen LogP contribution < -0.4 is 5.32 Å². The van der Waals surface area contributed by atoms with Crippen LogP contribution in [0.15, 0.2) is 49.1 Å². The molecule has 2 aromatic carbocycles. The molecule has 1 fully saturated rings. The number of hydrogen-bond acceptors (Lipinski definition) is 3. The summed E-state index contributed by atoms with van der Waals surface area (Å²) in [6.07, 6.45) is -1.53. The van der Waals surface area contributed by atoms with E-state index in [-0.39, 0.29) is 23.3 Å². The summed E-state index contributed by atoms with van der Waals surface area (Å²) >= 11 is 0. The average Bonchev–Trinajstić information content (AvgIpc) is 3.29. The zero-order valence-corrected chi connectivity index (χ0v) is 17.3. The van der Waals surface area contributed by atoms with E-state index in [4.69, 9.17) is 0 Å². The van der Waals surface area contributed by atoms with E-state index in [0.29, 0.717) is 30.4 Å². The van der Waals surface area contributed by atoms with E-state index in [1.807, 2.05) is 12.1 Å². The number of hydrogen-bond donors (Lipinski definition) is 2. The highest BCUT2D eigenvalue weighted by Crippen LogP contribution is 2.33. The monoisotopic (exact) mass is 442 g/mol. The summed E-state index contributed by atoms with van der Waals surface area (Å²) in [6, 6.07) is 7.87. The number of rotatable bonds is 5. The Labute approximate surface area is 182 Å². The molecule has 9 heteroatoms. The minimum atomic E-state index is -4.54. The molecule has 0 spiro atoms. The maximum atomic E-state index is 12.9. The molecular formula is C23H21F3N4O2. The van der Waals surface area contributed by atoms with Gasteiger partial charge in [-0.15, -0.1) is 6.58 Å². The van der Waals surface area contributed by atoms with Gasteiger partial charge in [0.2, 0.25) is 11.9 Å². The van der Waals surface area contributed by atoms with E-state index in [0.717, 1.165) is 23.3 Å². The predicted octanol–water partition coefficient (Wildman–Crippen LogP) is 4.51. The van der Waals surface area contributed by atoms with Gasteiger partial charge < -0.3 is 9.88 Å². The Balaban J connectivity index is 1.64. The Morgan fingerprint density at radius 1 is 1.34 bits per heavy atom. The maximum absolute atomic E-state index is 12.9. The van der Waals surface area contributed by atoms with Crippen LogP contribution in [0.2, 0.25) is 0 Å². The number of fused-ring (bicyclic) bond motifs is 1. The number of anilines is 1. The van der Waals surface area contributed by atoms with Crippen LogP contribution in [-0.4, -0.2) is 40.3 Å². The molecular weight excluding hydrogens is 421 g/mol. The number of H-pyrrole nitrogens is 1. The van der Waals surface area contributed by atoms with E-state index in [1.54, 1.807) is 18.0 Å². The third kappa shape index (κ3) is 4.10. The van der Waals surface area contributed by atoms with Crippen molar-refractivity contribution < 1.29 is 22.8 Å². The van der Waals surface area contributed by atoms with Gasteiger partial charge in [0.15, 0.2) is 0 Å². The Bertz CT molecular complexity index is 1220. The number of alkyl halides is 3. The lowest BCUT2D eigenvalue weighted by atomic mass is 9.91. The second kappa shape index (κ2) is 8.14. The highest BCUT2D eigenvalue weighted by molar-refractivity contribution is 6.04. The molecule has 1 saturated heterocycles. The van der Waals surface area contributed by atoms with Gasteiger partial charge in [-0.2, -0.15) is 13.2 Å². The van der Waals surface area contributed by atoms with E-state index in [2.05, 4.69) is 21.9 Å². The predicted molar refractivity (Wildman–Crippen MR) is 114 cm³/mol. The Morgan fingerprint density at radius 2 is 2.12 bits per heavy atom. The highest BCUT2D eigenvalue weighted by atomic mass is 19.4. The average molecular weight is 442 g/mol. The standard InChI is InChI=1S/C23H21F3N4O2/c1-3-5-13-11-18-19(12-17(13)16-8-9-30(2)21(16)32)28-22(27-18)29-20(31)14-6-4-7-15(10-14)23(24,25)26/h3-4,6-7,10-12,16H,1,5,8-9H2,2H3,(H2,27,28,29,31). The molecule has 1 unspecified atom stereocenters. The van der Waals surface area contributed by atoms with Crippen molar-refractivity contribution >= 4 is 28.8 Å². The molecule has 2 N–H and O–H groups in total. The summed E-state index contributed by atoms with van der Waals surface area (Å²) in [5.41, 5.74) is 1.96. The molecule has 3 aromatic rings. The second-order valence-corrected chi connectivity index (χ2v) is 7.78. The lowest BCUT2D eigenvalue weighted by Crippen LogP contribution is -2.22. The van der Waals surface area contributed by atoms with Crippen molar-refractivity contribution in [2.24, 2.45) is 0 Å². The van der Waals surface area contributed by atoms with Gasteiger partial charge in [0.05, 0.1) is 22.5 Å². The van der Waals surface area contributed by atoms with Crippen LogP contribution in [0.3, 0.4) is 0 Å². The molecule has 1 atom stereocenters. The summed E-state index contributed by atoms with van der Waals surface area (Å²) in [4.78, 5) is 34.1. The number of halogens is 3. The largest absolute Gasteiger partial charge is 0.416 e. The van der Waals surface area contributed by atoms with Crippen LogP contribution in [0.1, 0.15) is 39.4 Å². The first-order valence-corrected chi connectivity index (χ1v) is 10.0. The highest BCUT2D eigenvalue weighted by Gasteiger charge is 2.32. The van der Waals surface area contributed by atoms with Crippen molar-refractivity contribution in [3.8, 4) is 0 Å². The number of likely N-dealkylation sites (N-methyl/N-ethyl adjacent to an activating group) is 1. The molecule has 1 aliphatic rings. The van der Waals surface area contributed by atoms with Gasteiger partial charge in [-0.3, -0.25) is 14.9 Å². The number of likely N-dealkylation sites (tertiary alicyclic amines) is 1. The van der Waals surface area contributed by atoms with E-state index in [1.165, 1.54) is 12.1 Å². The summed E-state index contributed by atoms with van der Waals surface area (Å²) in [7, 11) is 1.77. The van der Waals surface area contributed by atoms with Crippen LogP contribution in [0.4, 0.5) is 19.1 Å². The van der Waals surface area contributed by atoms with Crippen LogP contribution in [0, 0.1) is 0 Å². The van der Waals surface area contributed by atoms with Crippen molar-refractivity contribution in [1.82, 2.24) is 14.9 Å². The third-order valence-corrected chi connectivity index (χ3v) is 5.59. The number of aromatic amines is 1. The van der Waals surface area contributed by atoms with Crippen molar-refractivity contribution in [3.05, 3.63) is 71.3 Å². The van der Waals surface area contributed by atoms with Crippen molar-refractivity contribution in [2.45, 2.75) is 24.9 Å². The van der Waals surface area contributed by atoms with Gasteiger partial charge in [-0.05, 0) is 54.3 Å². The molecule has 0 bridgehead atoms. The van der Waals surface area contributed by atoms with Gasteiger partial charge >= 0.3 is 6.18 Å². The lowest BCUT2D eigenvalue weighted by Gasteiger charge is -2.14. The van der Waals surface area contributed by atoms with Crippen LogP contribution in [-0.2, 0) is 17.4 Å². The molecule has 166 valence electrons. The molecule has 0 radical (unpaired) electrons. The van der Waals surface area contributed by atoms with E-state index < -0.39 is 17.6 Å². The van der Waals surface area contributed by atoms with Crippen LogP contribution >= 0.6 is 0 Å². The minimum absolute atomic E-state index is 0.0447. The number of carbonyl (C=O) groups is 2. The Kier molecular flexibility index (Phi) is 5.50. The number of allylic oxidation sites excluding steroid dienone is 1. The van der Waals surface area contributed by atoms with Crippen molar-refractivity contribution in [3.63, 3.8) is 0 Å². The first-order chi connectivity index (χ1) is 15.2. The number of amides is 2. The summed E-state index contributed by atoms with van der Waals surface area (Å²) in [5.74, 6) is -0.823. The molecule has 4 rings (SSSR count). The first kappa shape index (κ1) is 21.6. The normalized spacial score (nSPS) is 16.6. The summed E-state index contributed by atoms with van der Waals surface area (Å²) < 4.78 is 38.8. The zero-order valence-electron chi connectivity index (χ0n) is 17.3. The third-order valence-electron chi connectivity index (χ3n) is 5.59. The molecule has 2 amide bonds. The van der Waals surface area contributed by atoms with Gasteiger partial charge in [0.25, 0.3) is 5.91 Å². The number of carbonyl (C=O) groups excluding carboxylic acids is 2. The number of imidazole rings is 1. The molecule has 6 nitrogen and oxygen atoms in total. The molecule has 1 aliphatic heterocycles. The van der Waals surface area contributed by atoms with E-state index >= 15 is 0 Å². The molecule has 2 heterocycles. The van der Waals surface area contributed by atoms with Gasteiger partial charge in [-0.1, -0.05) is 12.1 Å². The summed E-state index contributed by atoms with van der Waals surface area (Å²) in [5, 5.41) is 2.51. The number of benzene rings is 2. The van der Waals surface area contributed by atoms with Gasteiger partial charge in [0.1, 0.15) is 0 Å². The Hall–Kier alpha value is -3.62. The summed E-state index contributed by atoms with van der Waals surface area (Å²) in [6.45, 7) is 4.46. The lowest BCUT2D eigenvalue weighted by molar-refractivity contribution is -0.137. The second-order valence-electron chi connectivity index (χ2n) is 7.78. The quantitative estimate of drug-likeness (QED) is 0.571. The van der Waals surface area contributed by atoms with Gasteiger partial charge in [0, 0.05) is 19.2 Å². The molecule has 1 aromatic heterocycles. The van der Waals surface area contributed by atoms with Crippen LogP contribution in [0.5, 0.6) is 0 Å². The maximum Gasteiger partial charge on any atom is 0.416 e. The topological polar surface area (TPSA) is 78.1 Å². The molecule has 0 aliphatic carbocycles. The molecule has 0 saturated carbocycles. The SMILES string of the molecule is C=CCc1cc2[nH]c(NC(=O)c3cccc(C(F)(F)F)c3)nc2cc1C1CCN(C)C1=O. The van der Waals surface area contributed by atoms with Crippen molar-refractivity contribution in [1.29, 1.82) is 0 Å². The fraction of sp³-hybridized carbons (Fsp3) is 0.261. The van der Waals surface area contributed by atoms with Gasteiger partial charge in [-0.25, -0.2) is 4.98 Å². The number of nitrogens with one attached hydrogen (secondary N) is 2. The molecule has 32 heavy (non-hydrogen) atoms. The van der Waals surface area contributed by atoms with Crippen molar-refractivity contribution in [2.75, 3.05) is 18.9 Å². The Morgan fingerprint density at radius 3 is 2.78 bits per heavy atom. The minimum Gasteiger partial charge on any atom is -0.345 e. The van der Waals surface area contributed by atoms with Crippen LogP contribution in [0.25, 0.3) is 11.0 Å². The number of nitrogens with zero attached hydrogens (tertiary/aromatic N) is 2. The zero-order chi connectivity index (χ0) is 23.0. The number of aromatic nitrogens is 2. The fourth-order valence-electron chi connectivity index (χ4n) is 3.96. The smallest absolute Gasteiger partial charge is 0.345 e. The van der Waals surface area contributed by atoms with E-state index in [9.17, 15) is 22.8 Å². The fourth-order valence-corrected chi connectivity index (χ4v) is 3.96. The first-order valence-electron chi connectivity index (χ1n) is 10.0.